The van der Waals surface area contributed by atoms with Crippen molar-refractivity contribution in [3.05, 3.63) is 63.2 Å². The molecule has 2 aromatic carbocycles. The van der Waals surface area contributed by atoms with Gasteiger partial charge in [-0.2, -0.15) is 0 Å². The van der Waals surface area contributed by atoms with Gasteiger partial charge in [-0.25, -0.2) is 0 Å². The molecule has 1 heterocycles. The van der Waals surface area contributed by atoms with E-state index in [0.717, 1.165) is 4.90 Å². The third-order valence-corrected chi connectivity index (χ3v) is 4.88. The van der Waals surface area contributed by atoms with Gasteiger partial charge in [-0.05, 0) is 36.4 Å². The van der Waals surface area contributed by atoms with Crippen LogP contribution in [0.4, 0.5) is 5.69 Å². The minimum absolute atomic E-state index is 0.0193. The van der Waals surface area contributed by atoms with Crippen molar-refractivity contribution in [1.82, 2.24) is 5.32 Å². The van der Waals surface area contributed by atoms with Gasteiger partial charge in [-0.1, -0.05) is 11.6 Å². The highest BCUT2D eigenvalue weighted by Gasteiger charge is 2.22. The first-order valence-electron chi connectivity index (χ1n) is 7.95. The van der Waals surface area contributed by atoms with E-state index in [2.05, 4.69) is 5.32 Å². The Kier molecular flexibility index (Phi) is 6.20. The van der Waals surface area contributed by atoms with Crippen molar-refractivity contribution in [3.63, 3.8) is 0 Å². The summed E-state index contributed by atoms with van der Waals surface area (Å²) in [4.78, 5) is 23.7. The number of nitrogens with zero attached hydrogens (tertiary/aromatic N) is 1. The van der Waals surface area contributed by atoms with E-state index < -0.39 is 4.92 Å². The maximum absolute atomic E-state index is 11.9. The number of carbonyl (C=O) groups excluding carboxylic acids is 1. The average Bonchev–Trinajstić information content (AvgIpc) is 3.11. The normalized spacial score (nSPS) is 12.3. The average molecular weight is 407 g/mol. The monoisotopic (exact) mass is 406 g/mol. The molecule has 9 heteroatoms. The van der Waals surface area contributed by atoms with Gasteiger partial charge in [0.1, 0.15) is 0 Å². The van der Waals surface area contributed by atoms with Crippen molar-refractivity contribution in [1.29, 1.82) is 0 Å². The number of carbonyl (C=O) groups is 1. The van der Waals surface area contributed by atoms with Gasteiger partial charge in [0.2, 0.25) is 12.7 Å². The van der Waals surface area contributed by atoms with Gasteiger partial charge >= 0.3 is 0 Å². The molecule has 1 aliphatic rings. The van der Waals surface area contributed by atoms with E-state index in [4.69, 9.17) is 21.1 Å². The Morgan fingerprint density at radius 2 is 1.96 bits per heavy atom. The van der Waals surface area contributed by atoms with E-state index >= 15 is 0 Å². The molecule has 0 saturated carbocycles. The predicted octanol–water partition coefficient (Wildman–Crippen LogP) is 3.90. The summed E-state index contributed by atoms with van der Waals surface area (Å²) >= 11 is 7.42. The van der Waals surface area contributed by atoms with Crippen LogP contribution in [0.25, 0.3) is 6.08 Å². The Morgan fingerprint density at radius 3 is 2.67 bits per heavy atom. The number of hydrogen-bond acceptors (Lipinski definition) is 6. The van der Waals surface area contributed by atoms with Crippen LogP contribution in [0.3, 0.4) is 0 Å². The molecule has 140 valence electrons. The molecule has 0 aliphatic carbocycles. The van der Waals surface area contributed by atoms with Crippen molar-refractivity contribution < 1.29 is 19.2 Å². The molecule has 1 aliphatic heterocycles. The number of fused-ring (bicyclic) bond motifs is 1. The minimum Gasteiger partial charge on any atom is -0.454 e. The maximum atomic E-state index is 11.9. The van der Waals surface area contributed by atoms with Gasteiger partial charge in [0.25, 0.3) is 5.69 Å². The van der Waals surface area contributed by atoms with E-state index in [1.54, 1.807) is 11.8 Å². The second-order valence-corrected chi connectivity index (χ2v) is 7.05. The van der Waals surface area contributed by atoms with Crippen molar-refractivity contribution in [2.45, 2.75) is 4.90 Å². The maximum Gasteiger partial charge on any atom is 0.280 e. The second-order valence-electron chi connectivity index (χ2n) is 5.45. The van der Waals surface area contributed by atoms with Crippen LogP contribution in [-0.4, -0.2) is 29.9 Å². The third-order valence-electron chi connectivity index (χ3n) is 3.62. The lowest BCUT2D eigenvalue weighted by molar-refractivity contribution is -0.385. The van der Waals surface area contributed by atoms with Gasteiger partial charge in [-0.15, -0.1) is 11.8 Å². The fraction of sp³-hybridized carbons (Fsp3) is 0.167. The molecule has 7 nitrogen and oxygen atoms in total. The number of nitrogens with one attached hydrogen (secondary N) is 1. The van der Waals surface area contributed by atoms with Gasteiger partial charge < -0.3 is 14.8 Å². The number of amides is 1. The fourth-order valence-corrected chi connectivity index (χ4v) is 3.23. The first kappa shape index (κ1) is 19.1. The second kappa shape index (κ2) is 8.79. The predicted molar refractivity (Wildman–Crippen MR) is 103 cm³/mol. The van der Waals surface area contributed by atoms with E-state index in [-0.39, 0.29) is 24.0 Å². The number of halogens is 1. The molecular weight excluding hydrogens is 392 g/mol. The third kappa shape index (κ3) is 5.15. The lowest BCUT2D eigenvalue weighted by Crippen LogP contribution is -2.23. The number of rotatable bonds is 7. The number of hydrogen-bond donors (Lipinski definition) is 1. The standard InChI is InChI=1S/C18H15ClN2O5S/c19-13-2-4-14(5-3-13)27-8-7-20-18(22)6-1-12-9-16-17(26-11-25-16)10-15(12)21(23)24/h1-6,9-10H,7-8,11H2,(H,20,22)/b6-1+. The van der Waals surface area contributed by atoms with Crippen LogP contribution in [0, 0.1) is 10.1 Å². The zero-order chi connectivity index (χ0) is 19.2. The van der Waals surface area contributed by atoms with Crippen LogP contribution >= 0.6 is 23.4 Å². The topological polar surface area (TPSA) is 90.7 Å². The summed E-state index contributed by atoms with van der Waals surface area (Å²) in [6.07, 6.45) is 2.65. The minimum atomic E-state index is -0.526. The lowest BCUT2D eigenvalue weighted by atomic mass is 10.1. The molecule has 2 aromatic rings. The lowest BCUT2D eigenvalue weighted by Gasteiger charge is -2.03. The molecule has 0 radical (unpaired) electrons. The van der Waals surface area contributed by atoms with Crippen LogP contribution in [0.5, 0.6) is 11.5 Å². The van der Waals surface area contributed by atoms with Crippen LogP contribution in [0.1, 0.15) is 5.56 Å². The molecule has 1 amide bonds. The van der Waals surface area contributed by atoms with Crippen molar-refractivity contribution in [2.24, 2.45) is 0 Å². The molecule has 0 spiro atoms. The van der Waals surface area contributed by atoms with Gasteiger partial charge in [0, 0.05) is 28.3 Å². The highest BCUT2D eigenvalue weighted by atomic mass is 35.5. The van der Waals surface area contributed by atoms with E-state index in [1.165, 1.54) is 24.3 Å². The molecular formula is C18H15ClN2O5S. The van der Waals surface area contributed by atoms with Crippen LogP contribution in [-0.2, 0) is 4.79 Å². The smallest absolute Gasteiger partial charge is 0.280 e. The van der Waals surface area contributed by atoms with Crippen molar-refractivity contribution in [3.8, 4) is 11.5 Å². The molecule has 0 saturated heterocycles. The Bertz CT molecular complexity index is 886. The number of benzene rings is 2. The first-order chi connectivity index (χ1) is 13.0. The number of ether oxygens (including phenoxy) is 2. The summed E-state index contributed by atoms with van der Waals surface area (Å²) in [5.74, 6) is 1.09. The summed E-state index contributed by atoms with van der Waals surface area (Å²) < 4.78 is 10.4. The summed E-state index contributed by atoms with van der Waals surface area (Å²) in [5.41, 5.74) is 0.122. The van der Waals surface area contributed by atoms with Crippen molar-refractivity contribution in [2.75, 3.05) is 19.1 Å². The number of thioether (sulfide) groups is 1. The molecule has 0 aromatic heterocycles. The quantitative estimate of drug-likeness (QED) is 0.246. The molecule has 27 heavy (non-hydrogen) atoms. The van der Waals surface area contributed by atoms with E-state index in [9.17, 15) is 14.9 Å². The molecule has 0 bridgehead atoms. The van der Waals surface area contributed by atoms with Gasteiger partial charge in [0.15, 0.2) is 11.5 Å². The zero-order valence-corrected chi connectivity index (χ0v) is 15.6. The van der Waals surface area contributed by atoms with Crippen LogP contribution in [0.2, 0.25) is 5.02 Å². The van der Waals surface area contributed by atoms with Gasteiger partial charge in [-0.3, -0.25) is 14.9 Å². The number of nitro benzene ring substituents is 1. The first-order valence-corrected chi connectivity index (χ1v) is 9.31. The summed E-state index contributed by atoms with van der Waals surface area (Å²) in [7, 11) is 0. The number of nitro groups is 1. The largest absolute Gasteiger partial charge is 0.454 e. The molecule has 0 unspecified atom stereocenters. The van der Waals surface area contributed by atoms with E-state index in [1.807, 2.05) is 24.3 Å². The Morgan fingerprint density at radius 1 is 1.26 bits per heavy atom. The highest BCUT2D eigenvalue weighted by molar-refractivity contribution is 7.99. The zero-order valence-electron chi connectivity index (χ0n) is 14.0. The van der Waals surface area contributed by atoms with Gasteiger partial charge in [0.05, 0.1) is 16.6 Å². The van der Waals surface area contributed by atoms with Crippen LogP contribution in [0.15, 0.2) is 47.4 Å². The Balaban J connectivity index is 1.54. The van der Waals surface area contributed by atoms with Crippen LogP contribution < -0.4 is 14.8 Å². The molecule has 1 N–H and O–H groups in total. The van der Waals surface area contributed by atoms with Crippen molar-refractivity contribution >= 4 is 41.0 Å². The summed E-state index contributed by atoms with van der Waals surface area (Å²) in [6, 6.07) is 10.2. The molecule has 0 atom stereocenters. The van der Waals surface area contributed by atoms with E-state index in [0.29, 0.717) is 28.8 Å². The SMILES string of the molecule is O=C(/C=C/c1cc2c(cc1[N+](=O)[O-])OCO2)NCCSc1ccc(Cl)cc1. The summed E-state index contributed by atoms with van der Waals surface area (Å²) in [6.45, 7) is 0.477. The molecule has 3 rings (SSSR count). The Labute approximate surface area is 164 Å². The highest BCUT2D eigenvalue weighted by Crippen LogP contribution is 2.38. The summed E-state index contributed by atoms with van der Waals surface area (Å²) in [5, 5.41) is 14.6. The Hall–Kier alpha value is -2.71. The fourth-order valence-electron chi connectivity index (χ4n) is 2.34. The molecule has 0 fully saturated rings.